The number of carbonyl (C=O) groups excluding carboxylic acids is 2. The van der Waals surface area contributed by atoms with Crippen LogP contribution in [0.15, 0.2) is 55.0 Å². The van der Waals surface area contributed by atoms with Crippen LogP contribution in [0.5, 0.6) is 0 Å². The molecule has 1 aliphatic heterocycles. The van der Waals surface area contributed by atoms with Gasteiger partial charge in [0.05, 0.1) is 24.0 Å². The number of benzene rings is 1. The summed E-state index contributed by atoms with van der Waals surface area (Å²) in [4.78, 5) is 42.9. The second-order valence-corrected chi connectivity index (χ2v) is 9.19. The van der Waals surface area contributed by atoms with E-state index in [0.717, 1.165) is 24.3 Å². The lowest BCUT2D eigenvalue weighted by Gasteiger charge is -2.31. The zero-order chi connectivity index (χ0) is 24.4. The molecule has 1 saturated carbocycles. The van der Waals surface area contributed by atoms with Gasteiger partial charge in [-0.25, -0.2) is 4.98 Å². The van der Waals surface area contributed by atoms with Gasteiger partial charge in [-0.2, -0.15) is 4.98 Å². The molecule has 0 spiro atoms. The van der Waals surface area contributed by atoms with E-state index in [1.54, 1.807) is 54.8 Å². The highest BCUT2D eigenvalue weighted by Crippen LogP contribution is 2.37. The Kier molecular flexibility index (Phi) is 6.31. The molecule has 3 heterocycles. The molecule has 2 aliphatic rings. The number of pyridine rings is 1. The average molecular weight is 472 g/mol. The first kappa shape index (κ1) is 22.8. The van der Waals surface area contributed by atoms with Gasteiger partial charge in [-0.05, 0) is 43.2 Å². The molecular formula is C26H29N7O2. The Morgan fingerprint density at radius 2 is 1.89 bits per heavy atom. The van der Waals surface area contributed by atoms with E-state index in [4.69, 9.17) is 4.98 Å². The van der Waals surface area contributed by atoms with E-state index >= 15 is 0 Å². The number of aromatic nitrogens is 3. The van der Waals surface area contributed by atoms with Gasteiger partial charge in [0.25, 0.3) is 5.91 Å². The third kappa shape index (κ3) is 4.80. The number of anilines is 5. The number of hydrogen-bond donors (Lipinski definition) is 2. The molecule has 1 unspecified atom stereocenters. The van der Waals surface area contributed by atoms with Crippen LogP contribution in [-0.4, -0.2) is 46.4 Å². The third-order valence-corrected chi connectivity index (χ3v) is 6.67. The summed E-state index contributed by atoms with van der Waals surface area (Å²) >= 11 is 0. The number of nitrogens with zero attached hydrogens (tertiary/aromatic N) is 5. The maximum Gasteiger partial charge on any atom is 0.255 e. The smallest absolute Gasteiger partial charge is 0.255 e. The van der Waals surface area contributed by atoms with Crippen LogP contribution in [0.1, 0.15) is 43.0 Å². The molecule has 5 rings (SSSR count). The van der Waals surface area contributed by atoms with E-state index in [9.17, 15) is 9.59 Å². The molecule has 35 heavy (non-hydrogen) atoms. The Bertz CT molecular complexity index is 1230. The maximum absolute atomic E-state index is 12.9. The lowest BCUT2D eigenvalue weighted by molar-refractivity contribution is -0.121. The van der Waals surface area contributed by atoms with Gasteiger partial charge in [-0.3, -0.25) is 14.6 Å². The van der Waals surface area contributed by atoms with Crippen LogP contribution in [0, 0.1) is 5.92 Å². The second-order valence-electron chi connectivity index (χ2n) is 9.19. The molecule has 9 nitrogen and oxygen atoms in total. The summed E-state index contributed by atoms with van der Waals surface area (Å²) in [5.74, 6) is 0.919. The molecule has 2 amide bonds. The molecule has 0 radical (unpaired) electrons. The van der Waals surface area contributed by atoms with Crippen molar-refractivity contribution in [3.63, 3.8) is 0 Å². The van der Waals surface area contributed by atoms with Crippen LogP contribution >= 0.6 is 0 Å². The number of fused-ring (bicyclic) bond motifs is 1. The fourth-order valence-electron chi connectivity index (χ4n) is 4.83. The van der Waals surface area contributed by atoms with Crippen LogP contribution in [-0.2, 0) is 4.79 Å². The van der Waals surface area contributed by atoms with E-state index in [-0.39, 0.29) is 17.7 Å². The topological polar surface area (TPSA) is 103 Å². The van der Waals surface area contributed by atoms with Gasteiger partial charge >= 0.3 is 0 Å². The Morgan fingerprint density at radius 3 is 2.66 bits per heavy atom. The van der Waals surface area contributed by atoms with Crippen molar-refractivity contribution in [2.45, 2.75) is 38.6 Å². The molecular weight excluding hydrogens is 442 g/mol. The fourth-order valence-corrected chi connectivity index (χ4v) is 4.83. The van der Waals surface area contributed by atoms with Gasteiger partial charge in [-0.1, -0.05) is 25.8 Å². The van der Waals surface area contributed by atoms with Crippen molar-refractivity contribution in [1.82, 2.24) is 15.0 Å². The Morgan fingerprint density at radius 1 is 1.09 bits per heavy atom. The van der Waals surface area contributed by atoms with Crippen LogP contribution in [0.4, 0.5) is 28.8 Å². The van der Waals surface area contributed by atoms with E-state index in [1.807, 2.05) is 19.1 Å². The lowest BCUT2D eigenvalue weighted by Crippen LogP contribution is -2.38. The van der Waals surface area contributed by atoms with Gasteiger partial charge in [0.15, 0.2) is 5.82 Å². The molecule has 180 valence electrons. The van der Waals surface area contributed by atoms with Gasteiger partial charge < -0.3 is 20.4 Å². The van der Waals surface area contributed by atoms with Crippen molar-refractivity contribution in [2.75, 3.05) is 34.0 Å². The number of hydrogen-bond acceptors (Lipinski definition) is 7. The minimum Gasteiger partial charge on any atom is -0.351 e. The van der Waals surface area contributed by atoms with Gasteiger partial charge in [0.2, 0.25) is 11.9 Å². The molecule has 0 saturated heterocycles. The number of amides is 2. The molecule has 1 fully saturated rings. The highest BCUT2D eigenvalue weighted by Gasteiger charge is 2.35. The Balaban J connectivity index is 1.41. The average Bonchev–Trinajstić information content (AvgIpc) is 3.39. The SMILES string of the molecule is CC1CN(C2CCCC2)c2nc(Nc3cccc(C(=O)Nc4cccnc4)c3)ncc2N(C)C1=O. The predicted octanol–water partition coefficient (Wildman–Crippen LogP) is 4.23. The number of rotatable bonds is 5. The van der Waals surface area contributed by atoms with Crippen molar-refractivity contribution in [2.24, 2.45) is 5.92 Å². The van der Waals surface area contributed by atoms with Crippen molar-refractivity contribution in [3.8, 4) is 0 Å². The first-order valence-electron chi connectivity index (χ1n) is 12.0. The number of carbonyl (C=O) groups is 2. The van der Waals surface area contributed by atoms with Crippen molar-refractivity contribution in [1.29, 1.82) is 0 Å². The predicted molar refractivity (Wildman–Crippen MR) is 136 cm³/mol. The lowest BCUT2D eigenvalue weighted by atomic mass is 10.1. The van der Waals surface area contributed by atoms with Crippen LogP contribution in [0.2, 0.25) is 0 Å². The quantitative estimate of drug-likeness (QED) is 0.574. The van der Waals surface area contributed by atoms with E-state index < -0.39 is 0 Å². The van der Waals surface area contributed by atoms with Crippen LogP contribution in [0.3, 0.4) is 0 Å². The molecule has 1 atom stereocenters. The first-order valence-corrected chi connectivity index (χ1v) is 12.0. The standard InChI is InChI=1S/C26H29N7O2/c1-17-16-33(21-10-3-4-11-21)23-22(32(2)25(17)35)15-28-26(31-23)30-19-8-5-7-18(13-19)24(34)29-20-9-6-12-27-14-20/h5-9,12-15,17,21H,3-4,10-11,16H2,1-2H3,(H,29,34)(H,28,30,31). The molecule has 2 aromatic heterocycles. The minimum atomic E-state index is -0.231. The summed E-state index contributed by atoms with van der Waals surface area (Å²) in [5, 5.41) is 6.08. The summed E-state index contributed by atoms with van der Waals surface area (Å²) in [6, 6.07) is 11.1. The normalized spacial score (nSPS) is 18.2. The zero-order valence-electron chi connectivity index (χ0n) is 19.9. The molecule has 3 aromatic rings. The highest BCUT2D eigenvalue weighted by atomic mass is 16.2. The molecule has 0 bridgehead atoms. The van der Waals surface area contributed by atoms with E-state index in [0.29, 0.717) is 35.5 Å². The monoisotopic (exact) mass is 471 g/mol. The van der Waals surface area contributed by atoms with Crippen LogP contribution in [0.25, 0.3) is 0 Å². The van der Waals surface area contributed by atoms with E-state index in [1.165, 1.54) is 12.8 Å². The Hall–Kier alpha value is -4.01. The zero-order valence-corrected chi connectivity index (χ0v) is 19.9. The van der Waals surface area contributed by atoms with Gasteiger partial charge in [0, 0.05) is 37.1 Å². The fraction of sp³-hybridized carbons (Fsp3) is 0.346. The largest absolute Gasteiger partial charge is 0.351 e. The van der Waals surface area contributed by atoms with Crippen molar-refractivity contribution < 1.29 is 9.59 Å². The number of nitrogens with one attached hydrogen (secondary N) is 2. The van der Waals surface area contributed by atoms with Gasteiger partial charge in [0.1, 0.15) is 5.69 Å². The summed E-state index contributed by atoms with van der Waals surface area (Å²) in [5.41, 5.74) is 2.55. The maximum atomic E-state index is 12.9. The van der Waals surface area contributed by atoms with Crippen molar-refractivity contribution >= 4 is 40.6 Å². The third-order valence-electron chi connectivity index (χ3n) is 6.67. The van der Waals surface area contributed by atoms with Crippen LogP contribution < -0.4 is 20.4 Å². The molecule has 1 aromatic carbocycles. The van der Waals surface area contributed by atoms with Crippen molar-refractivity contribution in [3.05, 3.63) is 60.6 Å². The summed E-state index contributed by atoms with van der Waals surface area (Å²) in [6.07, 6.45) is 9.56. The minimum absolute atomic E-state index is 0.0726. The van der Waals surface area contributed by atoms with Gasteiger partial charge in [-0.15, -0.1) is 0 Å². The highest BCUT2D eigenvalue weighted by molar-refractivity contribution is 6.04. The first-order chi connectivity index (χ1) is 17.0. The summed E-state index contributed by atoms with van der Waals surface area (Å²) in [7, 11) is 1.79. The summed E-state index contributed by atoms with van der Waals surface area (Å²) < 4.78 is 0. The van der Waals surface area contributed by atoms with E-state index in [2.05, 4.69) is 25.5 Å². The summed E-state index contributed by atoms with van der Waals surface area (Å²) in [6.45, 7) is 2.61. The second kappa shape index (κ2) is 9.69. The Labute approximate surface area is 204 Å². The molecule has 9 heteroatoms. The molecule has 2 N–H and O–H groups in total. The molecule has 1 aliphatic carbocycles.